The lowest BCUT2D eigenvalue weighted by molar-refractivity contribution is 0.471. The molecule has 2 nitrogen and oxygen atoms in total. The van der Waals surface area contributed by atoms with E-state index >= 15 is 0 Å². The second kappa shape index (κ2) is 6.33. The summed E-state index contributed by atoms with van der Waals surface area (Å²) >= 11 is 3.56. The number of hydrogen-bond donors (Lipinski definition) is 2. The smallest absolute Gasteiger partial charge is 0.118 e. The minimum Gasteiger partial charge on any atom is -0.508 e. The van der Waals surface area contributed by atoms with Crippen LogP contribution in [0.25, 0.3) is 0 Å². The van der Waals surface area contributed by atoms with Crippen molar-refractivity contribution in [3.63, 3.8) is 0 Å². The van der Waals surface area contributed by atoms with E-state index in [0.717, 1.165) is 17.7 Å². The van der Waals surface area contributed by atoms with Gasteiger partial charge in [-0.05, 0) is 53.6 Å². The molecule has 0 saturated heterocycles. The third-order valence-corrected chi connectivity index (χ3v) is 5.29. The van der Waals surface area contributed by atoms with Gasteiger partial charge in [0.25, 0.3) is 0 Å². The summed E-state index contributed by atoms with van der Waals surface area (Å²) in [7, 11) is 0. The number of phenolic OH excluding ortho intramolecular Hbond substituents is 1. The van der Waals surface area contributed by atoms with Crippen molar-refractivity contribution in [2.75, 3.05) is 5.32 Å². The number of rotatable bonds is 5. The highest BCUT2D eigenvalue weighted by Crippen LogP contribution is 2.30. The van der Waals surface area contributed by atoms with Gasteiger partial charge in [-0.1, -0.05) is 12.1 Å². The van der Waals surface area contributed by atoms with Crippen molar-refractivity contribution in [2.45, 2.75) is 19.4 Å². The van der Waals surface area contributed by atoms with Crippen molar-refractivity contribution in [3.05, 3.63) is 68.5 Å². The summed E-state index contributed by atoms with van der Waals surface area (Å²) in [6.07, 6.45) is 0.970. The zero-order chi connectivity index (χ0) is 14.7. The van der Waals surface area contributed by atoms with Gasteiger partial charge in [0, 0.05) is 21.9 Å². The van der Waals surface area contributed by atoms with Crippen LogP contribution in [-0.4, -0.2) is 5.11 Å². The van der Waals surface area contributed by atoms with Crippen molar-refractivity contribution in [3.8, 4) is 5.75 Å². The molecule has 2 heterocycles. The fourth-order valence-electron chi connectivity index (χ4n) is 2.29. The average Bonchev–Trinajstić information content (AvgIpc) is 3.15. The highest BCUT2D eigenvalue weighted by atomic mass is 32.1. The van der Waals surface area contributed by atoms with Gasteiger partial charge in [0.15, 0.2) is 0 Å². The van der Waals surface area contributed by atoms with Crippen LogP contribution in [0.2, 0.25) is 0 Å². The summed E-state index contributed by atoms with van der Waals surface area (Å²) < 4.78 is 0. The standard InChI is InChI=1S/C17H17NOS2/c1-12-10-13(6-7-16(12)19)18-15(17-5-3-9-21-17)11-14-4-2-8-20-14/h2-10,15,18-19H,11H2,1H3. The minimum absolute atomic E-state index is 0.257. The molecule has 0 saturated carbocycles. The van der Waals surface area contributed by atoms with E-state index in [1.54, 1.807) is 28.7 Å². The topological polar surface area (TPSA) is 32.3 Å². The van der Waals surface area contributed by atoms with E-state index in [0.29, 0.717) is 5.75 Å². The van der Waals surface area contributed by atoms with E-state index in [4.69, 9.17) is 0 Å². The fraction of sp³-hybridized carbons (Fsp3) is 0.176. The van der Waals surface area contributed by atoms with Crippen molar-refractivity contribution < 1.29 is 5.11 Å². The Morgan fingerprint density at radius 2 is 1.90 bits per heavy atom. The fourth-order valence-corrected chi connectivity index (χ4v) is 3.82. The van der Waals surface area contributed by atoms with Crippen LogP contribution >= 0.6 is 22.7 Å². The lowest BCUT2D eigenvalue weighted by atomic mass is 10.1. The van der Waals surface area contributed by atoms with Gasteiger partial charge in [0.1, 0.15) is 5.75 Å². The Morgan fingerprint density at radius 1 is 1.10 bits per heavy atom. The van der Waals surface area contributed by atoms with Gasteiger partial charge in [-0.15, -0.1) is 22.7 Å². The largest absolute Gasteiger partial charge is 0.508 e. The highest BCUT2D eigenvalue weighted by Gasteiger charge is 2.14. The quantitative estimate of drug-likeness (QED) is 0.633. The molecule has 1 unspecified atom stereocenters. The first-order valence-corrected chi connectivity index (χ1v) is 8.60. The van der Waals surface area contributed by atoms with Gasteiger partial charge >= 0.3 is 0 Å². The summed E-state index contributed by atoms with van der Waals surface area (Å²) in [5, 5.41) is 17.5. The second-order valence-corrected chi connectivity index (χ2v) is 7.01. The molecule has 0 fully saturated rings. The molecule has 108 valence electrons. The Labute approximate surface area is 132 Å². The number of aryl methyl sites for hydroxylation is 1. The summed E-state index contributed by atoms with van der Waals surface area (Å²) in [6, 6.07) is 14.4. The first kappa shape index (κ1) is 14.2. The molecule has 3 rings (SSSR count). The maximum absolute atomic E-state index is 9.65. The first-order chi connectivity index (χ1) is 10.2. The molecule has 0 bridgehead atoms. The number of thiophene rings is 2. The van der Waals surface area contributed by atoms with Crippen LogP contribution in [0.1, 0.15) is 21.4 Å². The molecule has 2 N–H and O–H groups in total. The number of anilines is 1. The summed E-state index contributed by atoms with van der Waals surface area (Å²) in [5.41, 5.74) is 1.93. The number of hydrogen-bond acceptors (Lipinski definition) is 4. The van der Waals surface area contributed by atoms with E-state index in [2.05, 4.69) is 40.3 Å². The molecule has 1 aromatic carbocycles. The van der Waals surface area contributed by atoms with Gasteiger partial charge in [0.05, 0.1) is 6.04 Å². The summed E-state index contributed by atoms with van der Waals surface area (Å²) in [5.74, 6) is 0.339. The number of phenols is 1. The van der Waals surface area contributed by atoms with E-state index in [1.165, 1.54) is 9.75 Å². The van der Waals surface area contributed by atoms with Crippen LogP contribution in [0.3, 0.4) is 0 Å². The highest BCUT2D eigenvalue weighted by molar-refractivity contribution is 7.10. The Morgan fingerprint density at radius 3 is 2.57 bits per heavy atom. The SMILES string of the molecule is Cc1cc(NC(Cc2cccs2)c2cccs2)ccc1O. The van der Waals surface area contributed by atoms with Crippen LogP contribution in [-0.2, 0) is 6.42 Å². The summed E-state index contributed by atoms with van der Waals surface area (Å²) in [4.78, 5) is 2.70. The monoisotopic (exact) mass is 315 g/mol. The molecule has 0 amide bonds. The number of nitrogens with one attached hydrogen (secondary N) is 1. The predicted molar refractivity (Wildman–Crippen MR) is 91.5 cm³/mol. The predicted octanol–water partition coefficient (Wildman–Crippen LogP) is 5.22. The van der Waals surface area contributed by atoms with Crippen molar-refractivity contribution in [1.82, 2.24) is 0 Å². The molecule has 1 atom stereocenters. The first-order valence-electron chi connectivity index (χ1n) is 6.84. The van der Waals surface area contributed by atoms with Crippen molar-refractivity contribution in [1.29, 1.82) is 0 Å². The molecule has 0 radical (unpaired) electrons. The second-order valence-electron chi connectivity index (χ2n) is 5.00. The normalized spacial score (nSPS) is 12.2. The molecule has 3 aromatic rings. The van der Waals surface area contributed by atoms with Crippen molar-refractivity contribution >= 4 is 28.4 Å². The van der Waals surface area contributed by atoms with Gasteiger partial charge in [-0.3, -0.25) is 0 Å². The number of aromatic hydroxyl groups is 1. The molecular weight excluding hydrogens is 298 g/mol. The average molecular weight is 315 g/mol. The van der Waals surface area contributed by atoms with E-state index in [1.807, 2.05) is 19.1 Å². The lowest BCUT2D eigenvalue weighted by Gasteiger charge is -2.19. The maximum Gasteiger partial charge on any atom is 0.118 e. The third kappa shape index (κ3) is 3.46. The summed E-state index contributed by atoms with van der Waals surface area (Å²) in [6.45, 7) is 1.92. The van der Waals surface area contributed by atoms with E-state index in [-0.39, 0.29) is 6.04 Å². The van der Waals surface area contributed by atoms with Crippen molar-refractivity contribution in [2.24, 2.45) is 0 Å². The van der Waals surface area contributed by atoms with Crippen LogP contribution in [0, 0.1) is 6.92 Å². The number of benzene rings is 1. The lowest BCUT2D eigenvalue weighted by Crippen LogP contribution is -2.11. The molecule has 21 heavy (non-hydrogen) atoms. The van der Waals surface area contributed by atoms with Crippen LogP contribution < -0.4 is 5.32 Å². The van der Waals surface area contributed by atoms with Gasteiger partial charge in [-0.25, -0.2) is 0 Å². The Balaban J connectivity index is 1.83. The van der Waals surface area contributed by atoms with E-state index in [9.17, 15) is 5.11 Å². The molecule has 0 spiro atoms. The van der Waals surface area contributed by atoms with Crippen LogP contribution in [0.5, 0.6) is 5.75 Å². The molecule has 0 aliphatic rings. The van der Waals surface area contributed by atoms with Crippen LogP contribution in [0.15, 0.2) is 53.2 Å². The third-order valence-electron chi connectivity index (χ3n) is 3.41. The van der Waals surface area contributed by atoms with Gasteiger partial charge in [-0.2, -0.15) is 0 Å². The minimum atomic E-state index is 0.257. The Hall–Kier alpha value is -1.78. The Bertz CT molecular complexity index is 690. The Kier molecular flexibility index (Phi) is 4.27. The van der Waals surface area contributed by atoms with E-state index < -0.39 is 0 Å². The van der Waals surface area contributed by atoms with Crippen LogP contribution in [0.4, 0.5) is 5.69 Å². The van der Waals surface area contributed by atoms with Gasteiger partial charge < -0.3 is 10.4 Å². The zero-order valence-corrected chi connectivity index (χ0v) is 13.4. The molecule has 0 aliphatic heterocycles. The zero-order valence-electron chi connectivity index (χ0n) is 11.7. The molecule has 4 heteroatoms. The molecule has 0 aliphatic carbocycles. The maximum atomic E-state index is 9.65. The van der Waals surface area contributed by atoms with Gasteiger partial charge in [0.2, 0.25) is 0 Å². The molecule has 2 aromatic heterocycles. The molecular formula is C17H17NOS2.